The number of rotatable bonds is 7. The Bertz CT molecular complexity index is 1110. The monoisotopic (exact) mass is 409 g/mol. The molecule has 3 aromatic rings. The molecular formula is C21H19N3O6. The third-order valence-electron chi connectivity index (χ3n) is 4.56. The summed E-state index contributed by atoms with van der Waals surface area (Å²) in [6, 6.07) is 12.0. The van der Waals surface area contributed by atoms with E-state index in [1.54, 1.807) is 30.3 Å². The summed E-state index contributed by atoms with van der Waals surface area (Å²) in [7, 11) is 2.54. The minimum atomic E-state index is -1.04. The highest BCUT2D eigenvalue weighted by atomic mass is 16.6. The molecule has 0 fully saturated rings. The van der Waals surface area contributed by atoms with Gasteiger partial charge in [-0.05, 0) is 23.8 Å². The summed E-state index contributed by atoms with van der Waals surface area (Å²) < 4.78 is 9.80. The smallest absolute Gasteiger partial charge is 0.328 e. The summed E-state index contributed by atoms with van der Waals surface area (Å²) in [6.07, 6.45) is 1.52. The van der Waals surface area contributed by atoms with Crippen LogP contribution in [0.4, 0.5) is 5.69 Å². The van der Waals surface area contributed by atoms with Crippen molar-refractivity contribution in [3.63, 3.8) is 0 Å². The van der Waals surface area contributed by atoms with Crippen LogP contribution in [0.3, 0.4) is 0 Å². The Morgan fingerprint density at radius 2 is 1.93 bits per heavy atom. The minimum absolute atomic E-state index is 0.00621. The lowest BCUT2D eigenvalue weighted by Gasteiger charge is -2.17. The van der Waals surface area contributed by atoms with Gasteiger partial charge in [0.2, 0.25) is 0 Å². The van der Waals surface area contributed by atoms with Crippen LogP contribution in [0.15, 0.2) is 54.7 Å². The summed E-state index contributed by atoms with van der Waals surface area (Å²) in [5.41, 5.74) is 1.24. The number of nitro groups is 1. The molecule has 0 radical (unpaired) electrons. The average molecular weight is 409 g/mol. The molecule has 9 nitrogen and oxygen atoms in total. The number of nitrogens with one attached hydrogen (secondary N) is 1. The van der Waals surface area contributed by atoms with Crippen LogP contribution in [0.1, 0.15) is 15.9 Å². The summed E-state index contributed by atoms with van der Waals surface area (Å²) in [4.78, 5) is 40.1. The number of benzene rings is 2. The number of nitrogens with zero attached hydrogens (tertiary/aromatic N) is 2. The van der Waals surface area contributed by atoms with E-state index in [1.165, 1.54) is 32.5 Å². The fourth-order valence-corrected chi connectivity index (χ4v) is 3.11. The van der Waals surface area contributed by atoms with Gasteiger partial charge in [-0.1, -0.05) is 24.3 Å². The lowest BCUT2D eigenvalue weighted by molar-refractivity contribution is -0.385. The van der Waals surface area contributed by atoms with Crippen LogP contribution in [0.5, 0.6) is 5.75 Å². The van der Waals surface area contributed by atoms with Gasteiger partial charge in [0.1, 0.15) is 6.04 Å². The van der Waals surface area contributed by atoms with Crippen LogP contribution in [-0.2, 0) is 16.0 Å². The second-order valence-corrected chi connectivity index (χ2v) is 6.39. The molecule has 1 N–H and O–H groups in total. The quantitative estimate of drug-likeness (QED) is 0.362. The minimum Gasteiger partial charge on any atom is -0.490 e. The molecule has 3 rings (SSSR count). The summed E-state index contributed by atoms with van der Waals surface area (Å²) >= 11 is 0. The molecule has 0 bridgehead atoms. The molecule has 1 aromatic heterocycles. The van der Waals surface area contributed by atoms with Gasteiger partial charge in [-0.2, -0.15) is 0 Å². The Balaban J connectivity index is 1.88. The molecule has 0 aliphatic heterocycles. The zero-order chi connectivity index (χ0) is 21.7. The van der Waals surface area contributed by atoms with Gasteiger partial charge in [-0.25, -0.2) is 4.79 Å². The van der Waals surface area contributed by atoms with Crippen LogP contribution >= 0.6 is 0 Å². The summed E-state index contributed by atoms with van der Waals surface area (Å²) in [5.74, 6) is -1.04. The molecule has 0 aliphatic carbocycles. The lowest BCUT2D eigenvalue weighted by atomic mass is 10.0. The van der Waals surface area contributed by atoms with Gasteiger partial charge in [-0.3, -0.25) is 19.9 Å². The number of aromatic nitrogens is 1. The molecule has 9 heteroatoms. The number of nitro benzene ring substituents is 1. The molecule has 0 unspecified atom stereocenters. The van der Waals surface area contributed by atoms with Crippen molar-refractivity contribution < 1.29 is 24.0 Å². The number of esters is 1. The molecule has 1 heterocycles. The topological polar surface area (TPSA) is 121 Å². The predicted molar refractivity (Wildman–Crippen MR) is 108 cm³/mol. The maximum absolute atomic E-state index is 12.9. The number of carbonyl (C=O) groups is 2. The van der Waals surface area contributed by atoms with Gasteiger partial charge in [0.05, 0.1) is 30.2 Å². The Morgan fingerprint density at radius 1 is 1.17 bits per heavy atom. The first-order valence-corrected chi connectivity index (χ1v) is 8.98. The number of amides is 1. The largest absolute Gasteiger partial charge is 0.490 e. The van der Waals surface area contributed by atoms with Crippen LogP contribution in [0.2, 0.25) is 0 Å². The van der Waals surface area contributed by atoms with Crippen molar-refractivity contribution in [2.45, 2.75) is 12.5 Å². The van der Waals surface area contributed by atoms with E-state index in [1.807, 2.05) is 6.07 Å². The molecule has 0 spiro atoms. The molecular weight excluding hydrogens is 390 g/mol. The van der Waals surface area contributed by atoms with Crippen molar-refractivity contribution in [1.82, 2.24) is 10.3 Å². The highest BCUT2D eigenvalue weighted by Gasteiger charge is 2.25. The fraction of sp³-hybridized carbons (Fsp3) is 0.190. The third-order valence-corrected chi connectivity index (χ3v) is 4.56. The Morgan fingerprint density at radius 3 is 2.63 bits per heavy atom. The molecule has 154 valence electrons. The van der Waals surface area contributed by atoms with Gasteiger partial charge in [-0.15, -0.1) is 0 Å². The number of ether oxygens (including phenoxy) is 2. The third kappa shape index (κ3) is 4.35. The number of pyridine rings is 1. The molecule has 30 heavy (non-hydrogen) atoms. The van der Waals surface area contributed by atoms with Crippen LogP contribution in [0.25, 0.3) is 10.9 Å². The van der Waals surface area contributed by atoms with Crippen molar-refractivity contribution in [3.05, 3.63) is 76.0 Å². The van der Waals surface area contributed by atoms with E-state index in [4.69, 9.17) is 9.47 Å². The van der Waals surface area contributed by atoms with E-state index in [0.717, 1.165) is 0 Å². The Kier molecular flexibility index (Phi) is 6.21. The van der Waals surface area contributed by atoms with E-state index >= 15 is 0 Å². The number of fused-ring (bicyclic) bond motifs is 1. The van der Waals surface area contributed by atoms with Crippen LogP contribution < -0.4 is 10.1 Å². The average Bonchev–Trinajstić information content (AvgIpc) is 2.77. The predicted octanol–water partition coefficient (Wildman–Crippen LogP) is 2.67. The Labute approximate surface area is 171 Å². The second kappa shape index (κ2) is 8.99. The van der Waals surface area contributed by atoms with Crippen molar-refractivity contribution in [2.24, 2.45) is 0 Å². The first-order valence-electron chi connectivity index (χ1n) is 8.98. The first kappa shape index (κ1) is 20.7. The van der Waals surface area contributed by atoms with Crippen molar-refractivity contribution >= 4 is 28.5 Å². The van der Waals surface area contributed by atoms with Gasteiger partial charge in [0.15, 0.2) is 5.75 Å². The molecule has 0 saturated heterocycles. The highest BCUT2D eigenvalue weighted by Crippen LogP contribution is 2.28. The van der Waals surface area contributed by atoms with E-state index < -0.39 is 22.8 Å². The molecule has 0 saturated carbocycles. The van der Waals surface area contributed by atoms with Gasteiger partial charge in [0.25, 0.3) is 5.91 Å². The number of hydrogen-bond acceptors (Lipinski definition) is 7. The normalized spacial score (nSPS) is 11.5. The van der Waals surface area contributed by atoms with Crippen molar-refractivity contribution in [2.75, 3.05) is 14.2 Å². The maximum atomic E-state index is 12.9. The summed E-state index contributed by atoms with van der Waals surface area (Å²) in [5, 5.41) is 14.6. The number of hydrogen-bond donors (Lipinski definition) is 1. The Hall–Kier alpha value is -4.01. The highest BCUT2D eigenvalue weighted by molar-refractivity contribution is 6.07. The standard InChI is InChI=1S/C21H19N3O6/c1-29-19-8-7-13(12-18(19)24(27)28)11-17(21(26)30-2)23-20(25)15-9-10-22-16-6-4-3-5-14(15)16/h3-10,12,17H,11H2,1-2H3,(H,23,25)/t17-/m1/s1. The molecule has 0 aliphatic rings. The number of methoxy groups -OCH3 is 2. The fourth-order valence-electron chi connectivity index (χ4n) is 3.11. The van der Waals surface area contributed by atoms with E-state index in [9.17, 15) is 19.7 Å². The zero-order valence-electron chi connectivity index (χ0n) is 16.3. The molecule has 1 atom stereocenters. The van der Waals surface area contributed by atoms with Crippen molar-refractivity contribution in [3.8, 4) is 5.75 Å². The van der Waals surface area contributed by atoms with Gasteiger partial charge in [0, 0.05) is 24.1 Å². The number of carbonyl (C=O) groups excluding carboxylic acids is 2. The van der Waals surface area contributed by atoms with Gasteiger partial charge >= 0.3 is 11.7 Å². The van der Waals surface area contributed by atoms with E-state index in [0.29, 0.717) is 22.0 Å². The van der Waals surface area contributed by atoms with E-state index in [-0.39, 0.29) is 17.9 Å². The molecule has 2 aromatic carbocycles. The second-order valence-electron chi connectivity index (χ2n) is 6.39. The van der Waals surface area contributed by atoms with E-state index in [2.05, 4.69) is 10.3 Å². The maximum Gasteiger partial charge on any atom is 0.328 e. The van der Waals surface area contributed by atoms with Crippen LogP contribution in [0, 0.1) is 10.1 Å². The number of para-hydroxylation sites is 1. The lowest BCUT2D eigenvalue weighted by Crippen LogP contribution is -2.43. The van der Waals surface area contributed by atoms with Crippen LogP contribution in [-0.4, -0.2) is 42.0 Å². The van der Waals surface area contributed by atoms with Crippen molar-refractivity contribution in [1.29, 1.82) is 0 Å². The van der Waals surface area contributed by atoms with Gasteiger partial charge < -0.3 is 14.8 Å². The SMILES string of the molecule is COC(=O)[C@@H](Cc1ccc(OC)c([N+](=O)[O-])c1)NC(=O)c1ccnc2ccccc12. The molecule has 1 amide bonds. The first-order chi connectivity index (χ1) is 14.4. The zero-order valence-corrected chi connectivity index (χ0v) is 16.3. The summed E-state index contributed by atoms with van der Waals surface area (Å²) in [6.45, 7) is 0.